The van der Waals surface area contributed by atoms with E-state index in [1.807, 2.05) is 0 Å². The molecule has 0 aromatic rings. The van der Waals surface area contributed by atoms with Crippen molar-refractivity contribution in [1.29, 1.82) is 0 Å². The van der Waals surface area contributed by atoms with Crippen LogP contribution in [0.15, 0.2) is 11.3 Å². The molecule has 0 unspecified atom stereocenters. The Morgan fingerprint density at radius 1 is 1.06 bits per heavy atom. The topological polar surface area (TPSA) is 64.6 Å². The molecule has 1 N–H and O–H groups in total. The summed E-state index contributed by atoms with van der Waals surface area (Å²) in [5.74, 6) is 5.32. The fraction of sp³-hybridized carbons (Fsp3) is 0.871. The van der Waals surface area contributed by atoms with Crippen LogP contribution in [0, 0.1) is 46.3 Å². The summed E-state index contributed by atoms with van der Waals surface area (Å²) in [6, 6.07) is 0. The van der Waals surface area contributed by atoms with E-state index in [9.17, 15) is 9.59 Å². The number of carbonyl (C=O) groups excluding carboxylic acids is 2. The molecule has 0 radical (unpaired) electrons. The van der Waals surface area contributed by atoms with Crippen LogP contribution in [0.3, 0.4) is 0 Å². The third-order valence-electron chi connectivity index (χ3n) is 11.7. The van der Waals surface area contributed by atoms with Gasteiger partial charge in [-0.15, -0.1) is 0 Å². The molecule has 5 aliphatic rings. The monoisotopic (exact) mass is 499 g/mol. The molecule has 1 aliphatic heterocycles. The minimum absolute atomic E-state index is 0.0544. The van der Waals surface area contributed by atoms with Crippen molar-refractivity contribution in [2.24, 2.45) is 46.3 Å². The lowest BCUT2D eigenvalue weighted by Gasteiger charge is -2.61. The Morgan fingerprint density at radius 3 is 2.53 bits per heavy atom. The smallest absolute Gasteiger partial charge is 0.302 e. The molecule has 1 heterocycles. The van der Waals surface area contributed by atoms with E-state index in [4.69, 9.17) is 9.47 Å². The van der Waals surface area contributed by atoms with Crippen LogP contribution in [0.25, 0.3) is 0 Å². The molecule has 1 amide bonds. The van der Waals surface area contributed by atoms with E-state index in [0.29, 0.717) is 34.7 Å². The standard InChI is InChI=1S/C31H49NO4/c1-18(17-32-20(3)33)7-10-27-19(2)29-28(36-27)16-26-24-9-8-22-15-23(35-21(4)34)11-13-30(22,5)25(24)12-14-31(26,29)6/h18,22-26,28-29H,7-17H2,1-6H3,(H,32,33)/t18-,22+,23-,24-,25+,26+,28+,29+,30+,31+/m1/s1. The average molecular weight is 500 g/mol. The van der Waals surface area contributed by atoms with Crippen LogP contribution in [-0.4, -0.2) is 30.6 Å². The molecule has 4 fully saturated rings. The largest absolute Gasteiger partial charge is 0.494 e. The van der Waals surface area contributed by atoms with Crippen LogP contribution in [-0.2, 0) is 19.1 Å². The van der Waals surface area contributed by atoms with E-state index in [1.165, 1.54) is 49.9 Å². The van der Waals surface area contributed by atoms with Gasteiger partial charge < -0.3 is 14.8 Å². The Balaban J connectivity index is 1.26. The number of nitrogens with one attached hydrogen (secondary N) is 1. The maximum Gasteiger partial charge on any atom is 0.302 e. The van der Waals surface area contributed by atoms with Gasteiger partial charge in [0.25, 0.3) is 0 Å². The Bertz CT molecular complexity index is 912. The molecule has 0 aromatic carbocycles. The van der Waals surface area contributed by atoms with Crippen molar-refractivity contribution < 1.29 is 19.1 Å². The molecule has 4 saturated carbocycles. The first-order valence-electron chi connectivity index (χ1n) is 14.8. The SMILES string of the molecule is CC(=O)NC[C@H](C)CCC1=C(C)[C@H]2[C@H](C[C@H]3[C@@H]4CC[C@H]5C[C@H](OC(C)=O)CC[C@]5(C)[C@H]4CC[C@@]32C)O1. The second-order valence-electron chi connectivity index (χ2n) is 13.8. The minimum atomic E-state index is -0.117. The first kappa shape index (κ1) is 26.1. The zero-order valence-electron chi connectivity index (χ0n) is 23.5. The summed E-state index contributed by atoms with van der Waals surface area (Å²) in [5.41, 5.74) is 2.29. The average Bonchev–Trinajstić information content (AvgIpc) is 3.29. The van der Waals surface area contributed by atoms with E-state index in [2.05, 4.69) is 33.0 Å². The number of allylic oxidation sites excluding steroid dienone is 1. The van der Waals surface area contributed by atoms with Gasteiger partial charge in [-0.05, 0) is 111 Å². The van der Waals surface area contributed by atoms with Crippen molar-refractivity contribution in [2.75, 3.05) is 6.54 Å². The van der Waals surface area contributed by atoms with Crippen molar-refractivity contribution in [2.45, 2.75) is 118 Å². The number of hydrogen-bond acceptors (Lipinski definition) is 4. The number of ether oxygens (including phenoxy) is 2. The third-order valence-corrected chi connectivity index (χ3v) is 11.7. The van der Waals surface area contributed by atoms with Gasteiger partial charge in [0.05, 0.1) is 5.76 Å². The highest BCUT2D eigenvalue weighted by atomic mass is 16.5. The number of carbonyl (C=O) groups is 2. The van der Waals surface area contributed by atoms with Gasteiger partial charge >= 0.3 is 5.97 Å². The molecule has 5 nitrogen and oxygen atoms in total. The molecule has 10 atom stereocenters. The second-order valence-corrected chi connectivity index (χ2v) is 13.8. The van der Waals surface area contributed by atoms with Crippen LogP contribution in [0.4, 0.5) is 0 Å². The predicted molar refractivity (Wildman–Crippen MR) is 141 cm³/mol. The summed E-state index contributed by atoms with van der Waals surface area (Å²) < 4.78 is 12.4. The molecule has 4 aliphatic carbocycles. The number of hydrogen-bond donors (Lipinski definition) is 1. The Morgan fingerprint density at radius 2 is 1.81 bits per heavy atom. The van der Waals surface area contributed by atoms with Gasteiger partial charge in [0, 0.05) is 32.7 Å². The van der Waals surface area contributed by atoms with Gasteiger partial charge in [0.1, 0.15) is 12.2 Å². The zero-order valence-corrected chi connectivity index (χ0v) is 23.5. The first-order valence-corrected chi connectivity index (χ1v) is 14.8. The lowest BCUT2D eigenvalue weighted by atomic mass is 9.44. The Labute approximate surface area is 218 Å². The first-order chi connectivity index (χ1) is 17.0. The second kappa shape index (κ2) is 9.66. The lowest BCUT2D eigenvalue weighted by molar-refractivity contribution is -0.159. The highest BCUT2D eigenvalue weighted by molar-refractivity contribution is 5.72. The molecule has 202 valence electrons. The van der Waals surface area contributed by atoms with Crippen molar-refractivity contribution in [3.63, 3.8) is 0 Å². The Kier molecular flexibility index (Phi) is 7.00. The van der Waals surface area contributed by atoms with Crippen molar-refractivity contribution >= 4 is 11.9 Å². The summed E-state index contributed by atoms with van der Waals surface area (Å²) in [5, 5.41) is 2.96. The molecule has 36 heavy (non-hydrogen) atoms. The molecular weight excluding hydrogens is 450 g/mol. The van der Waals surface area contributed by atoms with Gasteiger partial charge in [0.15, 0.2) is 0 Å². The summed E-state index contributed by atoms with van der Waals surface area (Å²) in [6.07, 6.45) is 12.4. The van der Waals surface area contributed by atoms with Gasteiger partial charge in [-0.25, -0.2) is 0 Å². The number of rotatable bonds is 6. The summed E-state index contributed by atoms with van der Waals surface area (Å²) in [4.78, 5) is 22.8. The van der Waals surface area contributed by atoms with Gasteiger partial charge in [0.2, 0.25) is 5.91 Å². The van der Waals surface area contributed by atoms with Crippen LogP contribution >= 0.6 is 0 Å². The van der Waals surface area contributed by atoms with Crippen molar-refractivity contribution in [1.82, 2.24) is 5.32 Å². The quantitative estimate of drug-likeness (QED) is 0.429. The van der Waals surface area contributed by atoms with Gasteiger partial charge in [-0.2, -0.15) is 0 Å². The fourth-order valence-corrected chi connectivity index (χ4v) is 9.94. The molecular formula is C31H49NO4. The molecule has 0 aromatic heterocycles. The maximum absolute atomic E-state index is 11.6. The highest BCUT2D eigenvalue weighted by Gasteiger charge is 2.64. The zero-order chi connectivity index (χ0) is 25.8. The summed E-state index contributed by atoms with van der Waals surface area (Å²) in [7, 11) is 0. The van der Waals surface area contributed by atoms with Crippen LogP contribution in [0.5, 0.6) is 0 Å². The van der Waals surface area contributed by atoms with Gasteiger partial charge in [-0.3, -0.25) is 9.59 Å². The van der Waals surface area contributed by atoms with E-state index in [-0.39, 0.29) is 18.0 Å². The molecule has 0 saturated heterocycles. The van der Waals surface area contributed by atoms with Crippen LogP contribution in [0.1, 0.15) is 106 Å². The highest BCUT2D eigenvalue weighted by Crippen LogP contribution is 2.69. The number of fused-ring (bicyclic) bond motifs is 7. The van der Waals surface area contributed by atoms with E-state index < -0.39 is 0 Å². The van der Waals surface area contributed by atoms with Crippen LogP contribution < -0.4 is 5.32 Å². The van der Waals surface area contributed by atoms with Crippen LogP contribution in [0.2, 0.25) is 0 Å². The molecule has 5 heteroatoms. The summed E-state index contributed by atoms with van der Waals surface area (Å²) in [6.45, 7) is 13.6. The summed E-state index contributed by atoms with van der Waals surface area (Å²) >= 11 is 0. The van der Waals surface area contributed by atoms with E-state index in [1.54, 1.807) is 13.8 Å². The lowest BCUT2D eigenvalue weighted by Crippen LogP contribution is -2.54. The van der Waals surface area contributed by atoms with Crippen molar-refractivity contribution in [3.05, 3.63) is 11.3 Å². The number of amides is 1. The third kappa shape index (κ3) is 4.41. The fourth-order valence-electron chi connectivity index (χ4n) is 9.94. The molecule has 5 rings (SSSR count). The van der Waals surface area contributed by atoms with Gasteiger partial charge in [-0.1, -0.05) is 20.8 Å². The Hall–Kier alpha value is -1.52. The molecule has 0 bridgehead atoms. The maximum atomic E-state index is 11.6. The van der Waals surface area contributed by atoms with E-state index in [0.717, 1.165) is 50.0 Å². The predicted octanol–water partition coefficient (Wildman–Crippen LogP) is 6.41. The normalized spacial score (nSPS) is 44.0. The number of esters is 1. The minimum Gasteiger partial charge on any atom is -0.494 e. The molecule has 0 spiro atoms. The van der Waals surface area contributed by atoms with Crippen molar-refractivity contribution in [3.8, 4) is 0 Å². The van der Waals surface area contributed by atoms with E-state index >= 15 is 0 Å².